The van der Waals surface area contributed by atoms with Crippen molar-refractivity contribution in [2.45, 2.75) is 6.54 Å². The summed E-state index contributed by atoms with van der Waals surface area (Å²) in [6, 6.07) is 13.4. The molecule has 0 saturated carbocycles. The highest BCUT2D eigenvalue weighted by atomic mass is 79.9. The first kappa shape index (κ1) is 14.6. The fourth-order valence-electron chi connectivity index (χ4n) is 2.15. The molecule has 21 heavy (non-hydrogen) atoms. The fourth-order valence-corrected chi connectivity index (χ4v) is 2.96. The van der Waals surface area contributed by atoms with Crippen LogP contribution in [-0.4, -0.2) is 4.98 Å². The predicted molar refractivity (Wildman–Crippen MR) is 93.2 cm³/mol. The zero-order chi connectivity index (χ0) is 14.8. The van der Waals surface area contributed by atoms with E-state index in [1.165, 1.54) is 0 Å². The molecule has 5 heteroatoms. The summed E-state index contributed by atoms with van der Waals surface area (Å²) in [6.45, 7) is 0.617. The van der Waals surface area contributed by atoms with Gasteiger partial charge in [-0.1, -0.05) is 39.1 Å². The maximum Gasteiger partial charge on any atom is 0.0948 e. The van der Waals surface area contributed by atoms with Crippen LogP contribution in [0.3, 0.4) is 0 Å². The van der Waals surface area contributed by atoms with Crippen molar-refractivity contribution in [1.82, 2.24) is 4.98 Å². The number of fused-ring (bicyclic) bond motifs is 1. The normalized spacial score (nSPS) is 10.8. The molecule has 3 rings (SSSR count). The third kappa shape index (κ3) is 3.15. The predicted octanol–water partition coefficient (Wildman–Crippen LogP) is 5.92. The van der Waals surface area contributed by atoms with Crippen molar-refractivity contribution in [2.24, 2.45) is 0 Å². The van der Waals surface area contributed by atoms with Crippen molar-refractivity contribution in [2.75, 3.05) is 5.32 Å². The summed E-state index contributed by atoms with van der Waals surface area (Å²) in [7, 11) is 0. The molecule has 0 amide bonds. The molecule has 0 spiro atoms. The van der Waals surface area contributed by atoms with Crippen LogP contribution < -0.4 is 5.32 Å². The topological polar surface area (TPSA) is 24.9 Å². The number of benzene rings is 2. The van der Waals surface area contributed by atoms with Gasteiger partial charge in [0.25, 0.3) is 0 Å². The smallest absolute Gasteiger partial charge is 0.0948 e. The highest BCUT2D eigenvalue weighted by Gasteiger charge is 2.07. The van der Waals surface area contributed by atoms with E-state index in [0.29, 0.717) is 11.6 Å². The molecular formula is C16H11BrCl2N2. The van der Waals surface area contributed by atoms with Gasteiger partial charge in [0, 0.05) is 27.6 Å². The molecule has 1 N–H and O–H groups in total. The minimum atomic E-state index is 0.617. The molecule has 3 aromatic rings. The first-order valence-electron chi connectivity index (χ1n) is 6.36. The van der Waals surface area contributed by atoms with Crippen molar-refractivity contribution in [3.63, 3.8) is 0 Å². The van der Waals surface area contributed by atoms with Gasteiger partial charge in [-0.05, 0) is 48.0 Å². The zero-order valence-electron chi connectivity index (χ0n) is 10.9. The Morgan fingerprint density at radius 3 is 2.71 bits per heavy atom. The second-order valence-electron chi connectivity index (χ2n) is 4.58. The van der Waals surface area contributed by atoms with E-state index in [0.717, 1.165) is 31.6 Å². The van der Waals surface area contributed by atoms with Gasteiger partial charge in [0.2, 0.25) is 0 Å². The largest absolute Gasteiger partial charge is 0.379 e. The Balaban J connectivity index is 1.92. The molecular weight excluding hydrogens is 371 g/mol. The van der Waals surface area contributed by atoms with Crippen LogP contribution in [0.4, 0.5) is 5.69 Å². The number of hydrogen-bond donors (Lipinski definition) is 1. The Morgan fingerprint density at radius 1 is 1.05 bits per heavy atom. The molecule has 1 heterocycles. The van der Waals surface area contributed by atoms with Crippen LogP contribution in [0, 0.1) is 0 Å². The van der Waals surface area contributed by atoms with Crippen LogP contribution in [-0.2, 0) is 6.54 Å². The summed E-state index contributed by atoms with van der Waals surface area (Å²) in [6.07, 6.45) is 1.76. The van der Waals surface area contributed by atoms with E-state index >= 15 is 0 Å². The summed E-state index contributed by atoms with van der Waals surface area (Å²) in [5.41, 5.74) is 2.81. The lowest BCUT2D eigenvalue weighted by Crippen LogP contribution is -2.01. The molecule has 0 unspecified atom stereocenters. The third-order valence-electron chi connectivity index (χ3n) is 3.19. The number of halogens is 3. The number of rotatable bonds is 3. The summed E-state index contributed by atoms with van der Waals surface area (Å²) in [5, 5.41) is 5.74. The number of aromatic nitrogens is 1. The first-order valence-corrected chi connectivity index (χ1v) is 7.91. The van der Waals surface area contributed by atoms with Gasteiger partial charge in [-0.25, -0.2) is 0 Å². The lowest BCUT2D eigenvalue weighted by atomic mass is 10.1. The zero-order valence-corrected chi connectivity index (χ0v) is 14.0. The van der Waals surface area contributed by atoms with Gasteiger partial charge in [-0.15, -0.1) is 0 Å². The van der Waals surface area contributed by atoms with Crippen LogP contribution in [0.5, 0.6) is 0 Å². The standard InChI is InChI=1S/C16H11BrCl2N2/c17-11-3-4-13(18)10(8-11)9-21-15-6-5-14(19)12-2-1-7-20-16(12)15/h1-8,21H,9H2. The van der Waals surface area contributed by atoms with Crippen molar-refractivity contribution >= 4 is 55.7 Å². The molecule has 0 aliphatic carbocycles. The molecule has 2 nitrogen and oxygen atoms in total. The van der Waals surface area contributed by atoms with E-state index in [4.69, 9.17) is 23.2 Å². The molecule has 1 aromatic heterocycles. The lowest BCUT2D eigenvalue weighted by Gasteiger charge is -2.11. The number of pyridine rings is 1. The summed E-state index contributed by atoms with van der Waals surface area (Å²) in [4.78, 5) is 4.41. The Kier molecular flexibility index (Phi) is 4.34. The second-order valence-corrected chi connectivity index (χ2v) is 6.31. The maximum absolute atomic E-state index is 6.21. The van der Waals surface area contributed by atoms with Gasteiger partial charge in [-0.3, -0.25) is 4.98 Å². The van der Waals surface area contributed by atoms with Gasteiger partial charge in [0.05, 0.1) is 16.2 Å². The number of anilines is 1. The highest BCUT2D eigenvalue weighted by Crippen LogP contribution is 2.29. The van der Waals surface area contributed by atoms with E-state index in [9.17, 15) is 0 Å². The molecule has 0 fully saturated rings. The summed E-state index contributed by atoms with van der Waals surface area (Å²) >= 11 is 15.9. The molecule has 0 bridgehead atoms. The minimum Gasteiger partial charge on any atom is -0.379 e. The van der Waals surface area contributed by atoms with Crippen LogP contribution >= 0.6 is 39.1 Å². The highest BCUT2D eigenvalue weighted by molar-refractivity contribution is 9.10. The molecule has 0 atom stereocenters. The Labute approximate surface area is 141 Å². The number of nitrogens with zero attached hydrogens (tertiary/aromatic N) is 1. The van der Waals surface area contributed by atoms with Crippen LogP contribution in [0.2, 0.25) is 10.0 Å². The maximum atomic E-state index is 6.21. The van der Waals surface area contributed by atoms with E-state index in [2.05, 4.69) is 26.2 Å². The molecule has 2 aromatic carbocycles. The Morgan fingerprint density at radius 2 is 1.86 bits per heavy atom. The van der Waals surface area contributed by atoms with Crippen molar-refractivity contribution < 1.29 is 0 Å². The van der Waals surface area contributed by atoms with Gasteiger partial charge in [0.15, 0.2) is 0 Å². The molecule has 106 valence electrons. The van der Waals surface area contributed by atoms with Gasteiger partial charge in [0.1, 0.15) is 0 Å². The van der Waals surface area contributed by atoms with Crippen LogP contribution in [0.15, 0.2) is 53.1 Å². The van der Waals surface area contributed by atoms with Gasteiger partial charge < -0.3 is 5.32 Å². The first-order chi connectivity index (χ1) is 10.1. The van der Waals surface area contributed by atoms with E-state index < -0.39 is 0 Å². The summed E-state index contributed by atoms with van der Waals surface area (Å²) < 4.78 is 1.00. The van der Waals surface area contributed by atoms with Gasteiger partial charge >= 0.3 is 0 Å². The van der Waals surface area contributed by atoms with Crippen molar-refractivity contribution in [1.29, 1.82) is 0 Å². The van der Waals surface area contributed by atoms with Crippen molar-refractivity contribution in [3.05, 3.63) is 68.7 Å². The lowest BCUT2D eigenvalue weighted by molar-refractivity contribution is 1.15. The second kappa shape index (κ2) is 6.22. The molecule has 0 aliphatic heterocycles. The quantitative estimate of drug-likeness (QED) is 0.609. The van der Waals surface area contributed by atoms with E-state index in [-0.39, 0.29) is 0 Å². The van der Waals surface area contributed by atoms with Crippen molar-refractivity contribution in [3.8, 4) is 0 Å². The van der Waals surface area contributed by atoms with Crippen LogP contribution in [0.1, 0.15) is 5.56 Å². The SMILES string of the molecule is Clc1ccc(Br)cc1CNc1ccc(Cl)c2cccnc12. The van der Waals surface area contributed by atoms with E-state index in [1.54, 1.807) is 6.20 Å². The van der Waals surface area contributed by atoms with Crippen LogP contribution in [0.25, 0.3) is 10.9 Å². The summed E-state index contributed by atoms with van der Waals surface area (Å²) in [5.74, 6) is 0. The Hall–Kier alpha value is -1.29. The van der Waals surface area contributed by atoms with Gasteiger partial charge in [-0.2, -0.15) is 0 Å². The van der Waals surface area contributed by atoms with E-state index in [1.807, 2.05) is 42.5 Å². The number of hydrogen-bond acceptors (Lipinski definition) is 2. The fraction of sp³-hybridized carbons (Fsp3) is 0.0625. The molecule has 0 aliphatic rings. The minimum absolute atomic E-state index is 0.617. The molecule has 0 saturated heterocycles. The number of nitrogens with one attached hydrogen (secondary N) is 1. The third-order valence-corrected chi connectivity index (χ3v) is 4.39. The average molecular weight is 382 g/mol. The monoisotopic (exact) mass is 380 g/mol. The Bertz CT molecular complexity index is 805. The average Bonchev–Trinajstić information content (AvgIpc) is 2.50. The molecule has 0 radical (unpaired) electrons.